The predicted octanol–water partition coefficient (Wildman–Crippen LogP) is 0.796. The summed E-state index contributed by atoms with van der Waals surface area (Å²) in [4.78, 5) is 128. The molecular weight excluding hydrogens is 1340 g/mol. The van der Waals surface area contributed by atoms with Crippen molar-refractivity contribution in [1.29, 1.82) is 0 Å². The van der Waals surface area contributed by atoms with Gasteiger partial charge in [-0.05, 0) is 262 Å². The number of carbonyl (C=O) groups is 12. The Bertz CT molecular complexity index is 2130. The molecular formula is C76H140N12O16. The third-order valence-corrected chi connectivity index (χ3v) is 20.0. The first-order chi connectivity index (χ1) is 48.8. The van der Waals surface area contributed by atoms with E-state index < -0.39 is 0 Å². The monoisotopic (exact) mass is 1480 g/mol. The van der Waals surface area contributed by atoms with E-state index in [1.165, 1.54) is 27.7 Å². The molecule has 0 aromatic carbocycles. The number of aliphatic hydroxyl groups excluding tert-OH is 4. The first-order valence-corrected chi connectivity index (χ1v) is 38.4. The maximum absolute atomic E-state index is 10.7. The molecule has 0 spiro atoms. The molecule has 0 saturated carbocycles. The molecule has 12 rings (SSSR count). The van der Waals surface area contributed by atoms with Crippen molar-refractivity contribution in [3.63, 3.8) is 0 Å². The van der Waals surface area contributed by atoms with Gasteiger partial charge in [0.2, 0.25) is 0 Å². The molecule has 28 nitrogen and oxygen atoms in total. The molecule has 0 bridgehead atoms. The second-order valence-electron chi connectivity index (χ2n) is 30.5. The Morgan fingerprint density at radius 1 is 0.202 bits per heavy atom. The Kier molecular flexibility index (Phi) is 50.6. The number of hydrogen-bond donors (Lipinski definition) is 16. The summed E-state index contributed by atoms with van der Waals surface area (Å²) < 4.78 is 0. The molecule has 12 fully saturated rings. The highest BCUT2D eigenvalue weighted by Crippen LogP contribution is 2.17. The van der Waals surface area contributed by atoms with Crippen LogP contribution in [0.15, 0.2) is 0 Å². The molecule has 12 aliphatic heterocycles. The molecule has 12 saturated heterocycles. The zero-order valence-corrected chi connectivity index (χ0v) is 66.0. The number of rotatable bonds is 12. The number of aliphatic hydroxyl groups is 4. The molecule has 0 aliphatic carbocycles. The molecule has 104 heavy (non-hydrogen) atoms. The van der Waals surface area contributed by atoms with Crippen molar-refractivity contribution in [2.45, 2.75) is 310 Å². The van der Waals surface area contributed by atoms with E-state index in [9.17, 15) is 57.5 Å². The summed E-state index contributed by atoms with van der Waals surface area (Å²) in [7, 11) is 0. The minimum Gasteiger partial charge on any atom is -0.392 e. The lowest BCUT2D eigenvalue weighted by Gasteiger charge is -2.02. The molecule has 12 heterocycles. The Morgan fingerprint density at radius 3 is 0.394 bits per heavy atom. The van der Waals surface area contributed by atoms with E-state index in [0.29, 0.717) is 75.5 Å². The van der Waals surface area contributed by atoms with Crippen LogP contribution in [0.4, 0.5) is 0 Å². The molecule has 28 heteroatoms. The highest BCUT2D eigenvalue weighted by Gasteiger charge is 2.30. The minimum atomic E-state index is -0.320. The van der Waals surface area contributed by atoms with Crippen molar-refractivity contribution in [2.75, 3.05) is 78.5 Å². The van der Waals surface area contributed by atoms with Gasteiger partial charge in [0.25, 0.3) is 0 Å². The fourth-order valence-corrected chi connectivity index (χ4v) is 13.1. The largest absolute Gasteiger partial charge is 0.392 e. The molecule has 0 radical (unpaired) electrons. The predicted molar refractivity (Wildman–Crippen MR) is 404 cm³/mol. The number of nitrogens with one attached hydrogen (secondary N) is 12. The van der Waals surface area contributed by atoms with Gasteiger partial charge in [-0.25, -0.2) is 0 Å². The zero-order valence-electron chi connectivity index (χ0n) is 66.0. The maximum atomic E-state index is 10.7. The first-order valence-electron chi connectivity index (χ1n) is 38.4. The highest BCUT2D eigenvalue weighted by molar-refractivity contribution is 5.86. The van der Waals surface area contributed by atoms with E-state index in [0.717, 1.165) is 129 Å². The summed E-state index contributed by atoms with van der Waals surface area (Å²) in [6.07, 6.45) is 13.9. The van der Waals surface area contributed by atoms with Crippen LogP contribution in [0.25, 0.3) is 0 Å². The second kappa shape index (κ2) is 54.1. The van der Waals surface area contributed by atoms with Crippen LogP contribution in [0.1, 0.15) is 214 Å². The van der Waals surface area contributed by atoms with Gasteiger partial charge in [0.1, 0.15) is 69.4 Å². The second-order valence-corrected chi connectivity index (χ2v) is 30.5. The highest BCUT2D eigenvalue weighted by atomic mass is 16.3. The van der Waals surface area contributed by atoms with Crippen LogP contribution in [0.5, 0.6) is 0 Å². The topological polar surface area (TPSA) is 430 Å². The van der Waals surface area contributed by atoms with Crippen LogP contribution in [-0.2, 0) is 57.5 Å². The smallest absolute Gasteiger partial charge is 0.146 e. The van der Waals surface area contributed by atoms with Gasteiger partial charge in [0.15, 0.2) is 0 Å². The number of ketones is 12. The third kappa shape index (κ3) is 44.0. The van der Waals surface area contributed by atoms with E-state index in [-0.39, 0.29) is 166 Å². The maximum Gasteiger partial charge on any atom is 0.146 e. The molecule has 0 aromatic rings. The lowest BCUT2D eigenvalue weighted by Crippen LogP contribution is -2.28. The number of hydrogen-bond acceptors (Lipinski definition) is 28. The standard InChI is InChI=1S/4C7H13NO.4C6H11NO2.4C6H11NO/c4*1-5-3-7(6(2)9)8-4-5;4*1-4(8)6-2-5(9)3-7-6;4*1-5(8)6-3-2-4-7-6/h4*5,7-8H,3-4H2,1-2H3;4*5-7,9H,2-3H2,1H3;4*6-7H,2-4H2,1H3/t2*5-,7?;2*5-,7-;2*5-,6?;2*5-,6-;4*6-/m101010101100/s1. The summed E-state index contributed by atoms with van der Waals surface area (Å²) in [5.74, 6) is 5.42. The van der Waals surface area contributed by atoms with E-state index in [2.05, 4.69) is 91.5 Å². The van der Waals surface area contributed by atoms with Gasteiger partial charge in [0, 0.05) is 26.2 Å². The zero-order chi connectivity index (χ0) is 78.8. The fourth-order valence-electron chi connectivity index (χ4n) is 13.1. The lowest BCUT2D eigenvalue weighted by molar-refractivity contribution is -0.119. The van der Waals surface area contributed by atoms with Crippen LogP contribution in [0.2, 0.25) is 0 Å². The average molecular weight is 1480 g/mol. The Hall–Kier alpha value is -4.60. The Labute approximate surface area is 621 Å². The van der Waals surface area contributed by atoms with Crippen LogP contribution >= 0.6 is 0 Å². The van der Waals surface area contributed by atoms with Crippen LogP contribution < -0.4 is 63.8 Å². The number of β-amino-alcohol motifs (C(OH)–C–C–N with tert-alkyl or cyclic N) is 4. The van der Waals surface area contributed by atoms with E-state index in [1.807, 2.05) is 0 Å². The van der Waals surface area contributed by atoms with Crippen molar-refractivity contribution in [2.24, 2.45) is 23.7 Å². The van der Waals surface area contributed by atoms with Gasteiger partial charge in [-0.2, -0.15) is 0 Å². The minimum absolute atomic E-state index is 0.0972. The van der Waals surface area contributed by atoms with Gasteiger partial charge >= 0.3 is 0 Å². The van der Waals surface area contributed by atoms with Crippen LogP contribution in [-0.4, -0.2) is 265 Å². The van der Waals surface area contributed by atoms with Gasteiger partial charge in [-0.1, -0.05) is 27.7 Å². The van der Waals surface area contributed by atoms with E-state index in [1.54, 1.807) is 55.4 Å². The quantitative estimate of drug-likeness (QED) is 0.128. The lowest BCUT2D eigenvalue weighted by atomic mass is 10.1. The first kappa shape index (κ1) is 97.4. The summed E-state index contributed by atoms with van der Waals surface area (Å²) in [5, 5.41) is 72.4. The average Bonchev–Trinajstić information content (AvgIpc) is 1.81. The van der Waals surface area contributed by atoms with E-state index in [4.69, 9.17) is 20.4 Å². The molecule has 20 atom stereocenters. The van der Waals surface area contributed by atoms with Gasteiger partial charge < -0.3 is 84.2 Å². The normalized spacial score (nSPS) is 32.9. The third-order valence-electron chi connectivity index (χ3n) is 20.0. The van der Waals surface area contributed by atoms with Gasteiger partial charge in [-0.15, -0.1) is 0 Å². The van der Waals surface area contributed by atoms with E-state index >= 15 is 0 Å². The Balaban J connectivity index is 0.000000567. The number of carbonyl (C=O) groups excluding carboxylic acids is 12. The van der Waals surface area contributed by atoms with Crippen molar-refractivity contribution in [1.82, 2.24) is 63.8 Å². The molecule has 4 unspecified atom stereocenters. The number of Topliss-reactive ketones (excluding diaryl/α,β-unsaturated/α-hetero) is 12. The Morgan fingerprint density at radius 2 is 0.337 bits per heavy atom. The van der Waals surface area contributed by atoms with Crippen molar-refractivity contribution >= 4 is 69.4 Å². The summed E-state index contributed by atoms with van der Waals surface area (Å²) in [5.41, 5.74) is 0. The molecule has 16 N–H and O–H groups in total. The SMILES string of the molecule is CC(=O)C1C[C@@H](C)CN1.CC(=O)C1C[C@@H](O)CN1.CC(=O)C1C[C@H](C)CN1.CC(=O)C1C[C@H](O)CN1.CC(=O)[C@@H]1CCCN1.CC(=O)[C@@H]1CCCN1.CC(=O)[C@@H]1C[C@H](C)CN1.CC(=O)[C@@H]1C[C@H](O)CN1.CC(=O)[C@H]1CCCN1.CC(=O)[C@H]1CCCN1.CC(=O)[C@H]1C[C@@H](C)CN1.CC(=O)[C@H]1C[C@@H](O)CN1. The van der Waals surface area contributed by atoms with Crippen LogP contribution in [0.3, 0.4) is 0 Å². The van der Waals surface area contributed by atoms with Crippen molar-refractivity contribution in [3.05, 3.63) is 0 Å². The van der Waals surface area contributed by atoms with Crippen LogP contribution in [0, 0.1) is 23.7 Å². The summed E-state index contributed by atoms with van der Waals surface area (Å²) in [6, 6.07) is 0.926. The summed E-state index contributed by atoms with van der Waals surface area (Å²) >= 11 is 0. The molecule has 0 aromatic heterocycles. The summed E-state index contributed by atoms with van der Waals surface area (Å²) in [6.45, 7) is 38.3. The molecule has 0 amide bonds. The fraction of sp³-hybridized carbons (Fsp3) is 0.842. The van der Waals surface area contributed by atoms with Gasteiger partial charge in [0.05, 0.1) is 96.9 Å². The van der Waals surface area contributed by atoms with Crippen molar-refractivity contribution in [3.8, 4) is 0 Å². The van der Waals surface area contributed by atoms with Gasteiger partial charge in [-0.3, -0.25) is 57.5 Å². The van der Waals surface area contributed by atoms with Crippen molar-refractivity contribution < 1.29 is 78.0 Å². The molecule has 12 aliphatic rings. The molecule has 600 valence electrons.